The molecule has 5 heteroatoms. The smallest absolute Gasteiger partial charge is 0.243 e. The number of hydrogen-bond donors (Lipinski definition) is 1. The molecule has 0 radical (unpaired) electrons. The van der Waals surface area contributed by atoms with E-state index in [2.05, 4.69) is 17.1 Å². The van der Waals surface area contributed by atoms with Crippen LogP contribution in [-0.4, -0.2) is 54.3 Å². The van der Waals surface area contributed by atoms with Crippen molar-refractivity contribution in [1.82, 2.24) is 9.80 Å². The van der Waals surface area contributed by atoms with Gasteiger partial charge < -0.3 is 10.2 Å². The summed E-state index contributed by atoms with van der Waals surface area (Å²) in [4.78, 5) is 28.4. The first-order valence-corrected chi connectivity index (χ1v) is 8.72. The van der Waals surface area contributed by atoms with E-state index in [0.717, 1.165) is 36.2 Å². The molecule has 5 nitrogen and oxygen atoms in total. The van der Waals surface area contributed by atoms with Crippen LogP contribution in [0.25, 0.3) is 0 Å². The van der Waals surface area contributed by atoms with E-state index in [4.69, 9.17) is 0 Å². The van der Waals surface area contributed by atoms with Crippen LogP contribution >= 0.6 is 0 Å². The molecule has 1 aliphatic rings. The maximum absolute atomic E-state index is 12.4. The summed E-state index contributed by atoms with van der Waals surface area (Å²) in [5.41, 5.74) is 2.90. The van der Waals surface area contributed by atoms with Crippen LogP contribution in [-0.2, 0) is 9.59 Å². The molecule has 24 heavy (non-hydrogen) atoms. The molecule has 1 heterocycles. The van der Waals surface area contributed by atoms with Crippen LogP contribution in [0.3, 0.4) is 0 Å². The van der Waals surface area contributed by atoms with Crippen LogP contribution in [0.15, 0.2) is 18.2 Å². The zero-order valence-corrected chi connectivity index (χ0v) is 15.3. The van der Waals surface area contributed by atoms with Gasteiger partial charge in [-0.15, -0.1) is 0 Å². The molecule has 1 unspecified atom stereocenters. The molecule has 2 amide bonds. The van der Waals surface area contributed by atoms with E-state index in [1.54, 1.807) is 7.05 Å². The predicted molar refractivity (Wildman–Crippen MR) is 97.1 cm³/mol. The Kier molecular flexibility index (Phi) is 6.37. The normalized spacial score (nSPS) is 18.2. The molecule has 0 saturated carbocycles. The second-order valence-corrected chi connectivity index (χ2v) is 6.88. The molecular weight excluding hydrogens is 302 g/mol. The number of piperidine rings is 1. The van der Waals surface area contributed by atoms with Crippen LogP contribution in [0.2, 0.25) is 0 Å². The molecular formula is C19H29N3O2. The number of hydrogen-bond acceptors (Lipinski definition) is 3. The lowest BCUT2D eigenvalue weighted by Gasteiger charge is -2.33. The fraction of sp³-hybridized carbons (Fsp3) is 0.579. The molecule has 1 saturated heterocycles. The Labute approximate surface area is 145 Å². The fourth-order valence-electron chi connectivity index (χ4n) is 3.18. The van der Waals surface area contributed by atoms with Crippen LogP contribution in [0, 0.1) is 13.8 Å². The van der Waals surface area contributed by atoms with Crippen molar-refractivity contribution in [3.8, 4) is 0 Å². The van der Waals surface area contributed by atoms with Gasteiger partial charge in [0.25, 0.3) is 0 Å². The van der Waals surface area contributed by atoms with Crippen molar-refractivity contribution in [2.24, 2.45) is 0 Å². The van der Waals surface area contributed by atoms with E-state index in [0.29, 0.717) is 12.6 Å². The summed E-state index contributed by atoms with van der Waals surface area (Å²) in [5, 5.41) is 2.93. The highest BCUT2D eigenvalue weighted by Gasteiger charge is 2.23. The number of benzene rings is 1. The SMILES string of the molecule is Cc1cccc(C)c1NC(=O)CN(C)C(=O)CN1CCCCC1C. The van der Waals surface area contributed by atoms with Crippen LogP contribution in [0.1, 0.15) is 37.3 Å². The third kappa shape index (κ3) is 4.81. The average molecular weight is 331 g/mol. The number of carbonyl (C=O) groups is 2. The zero-order valence-electron chi connectivity index (χ0n) is 15.3. The summed E-state index contributed by atoms with van der Waals surface area (Å²) in [7, 11) is 1.70. The number of carbonyl (C=O) groups excluding carboxylic acids is 2. The quantitative estimate of drug-likeness (QED) is 0.902. The van der Waals surface area contributed by atoms with Gasteiger partial charge in [0.2, 0.25) is 11.8 Å². The molecule has 1 atom stereocenters. The molecule has 1 aromatic carbocycles. The van der Waals surface area contributed by atoms with Gasteiger partial charge in [-0.05, 0) is 51.3 Å². The molecule has 2 rings (SSSR count). The van der Waals surface area contributed by atoms with Crippen molar-refractivity contribution in [2.75, 3.05) is 32.0 Å². The number of likely N-dealkylation sites (N-methyl/N-ethyl adjacent to an activating group) is 1. The van der Waals surface area contributed by atoms with E-state index in [1.807, 2.05) is 32.0 Å². The minimum Gasteiger partial charge on any atom is -0.335 e. The monoisotopic (exact) mass is 331 g/mol. The van der Waals surface area contributed by atoms with E-state index in [9.17, 15) is 9.59 Å². The standard InChI is InChI=1S/C19H29N3O2/c1-14-8-7-9-15(2)19(14)20-17(23)12-21(4)18(24)13-22-11-6-5-10-16(22)3/h7-9,16H,5-6,10-13H2,1-4H3,(H,20,23). The summed E-state index contributed by atoms with van der Waals surface area (Å²) in [5.74, 6) is -0.157. The van der Waals surface area contributed by atoms with Crippen LogP contribution < -0.4 is 5.32 Å². The third-order valence-electron chi connectivity index (χ3n) is 4.83. The average Bonchev–Trinajstić information content (AvgIpc) is 2.53. The van der Waals surface area contributed by atoms with Gasteiger partial charge in [-0.2, -0.15) is 0 Å². The number of para-hydroxylation sites is 1. The Balaban J connectivity index is 1.87. The van der Waals surface area contributed by atoms with Gasteiger partial charge in [0.05, 0.1) is 13.1 Å². The first-order chi connectivity index (χ1) is 11.4. The van der Waals surface area contributed by atoms with Crippen molar-refractivity contribution in [2.45, 2.75) is 46.1 Å². The van der Waals surface area contributed by atoms with Crippen LogP contribution in [0.5, 0.6) is 0 Å². The maximum atomic E-state index is 12.4. The maximum Gasteiger partial charge on any atom is 0.243 e. The lowest BCUT2D eigenvalue weighted by atomic mass is 10.0. The Morgan fingerprint density at radius 1 is 1.25 bits per heavy atom. The van der Waals surface area contributed by atoms with Gasteiger partial charge in [-0.25, -0.2) is 0 Å². The van der Waals surface area contributed by atoms with E-state index in [1.165, 1.54) is 11.3 Å². The van der Waals surface area contributed by atoms with E-state index < -0.39 is 0 Å². The van der Waals surface area contributed by atoms with Gasteiger partial charge in [-0.3, -0.25) is 14.5 Å². The summed E-state index contributed by atoms with van der Waals surface area (Å²) in [6.45, 7) is 7.54. The summed E-state index contributed by atoms with van der Waals surface area (Å²) in [6, 6.07) is 6.35. The largest absolute Gasteiger partial charge is 0.335 e. The molecule has 0 spiro atoms. The Hall–Kier alpha value is -1.88. The minimum atomic E-state index is -0.157. The Morgan fingerprint density at radius 2 is 1.92 bits per heavy atom. The first-order valence-electron chi connectivity index (χ1n) is 8.72. The van der Waals surface area contributed by atoms with Crippen molar-refractivity contribution < 1.29 is 9.59 Å². The van der Waals surface area contributed by atoms with Gasteiger partial charge in [0.15, 0.2) is 0 Å². The molecule has 1 aliphatic heterocycles. The minimum absolute atomic E-state index is 0.000376. The van der Waals surface area contributed by atoms with Crippen LogP contribution in [0.4, 0.5) is 5.69 Å². The number of rotatable bonds is 5. The number of nitrogens with one attached hydrogen (secondary N) is 1. The summed E-state index contributed by atoms with van der Waals surface area (Å²) < 4.78 is 0. The van der Waals surface area contributed by atoms with Gasteiger partial charge >= 0.3 is 0 Å². The number of amides is 2. The first kappa shape index (κ1) is 18.5. The predicted octanol–water partition coefficient (Wildman–Crippen LogP) is 2.57. The third-order valence-corrected chi connectivity index (χ3v) is 4.83. The van der Waals surface area contributed by atoms with Crippen molar-refractivity contribution in [3.63, 3.8) is 0 Å². The number of anilines is 1. The Bertz CT molecular complexity index is 580. The second-order valence-electron chi connectivity index (χ2n) is 6.88. The molecule has 0 aromatic heterocycles. The highest BCUT2D eigenvalue weighted by molar-refractivity contribution is 5.95. The topological polar surface area (TPSA) is 52.7 Å². The van der Waals surface area contributed by atoms with Gasteiger partial charge in [0.1, 0.15) is 0 Å². The van der Waals surface area contributed by atoms with Crippen molar-refractivity contribution in [1.29, 1.82) is 0 Å². The highest BCUT2D eigenvalue weighted by atomic mass is 16.2. The lowest BCUT2D eigenvalue weighted by molar-refractivity contribution is -0.135. The second kappa shape index (κ2) is 8.29. The number of likely N-dealkylation sites (tertiary alicyclic amines) is 1. The zero-order chi connectivity index (χ0) is 17.7. The fourth-order valence-corrected chi connectivity index (χ4v) is 3.18. The molecule has 0 aliphatic carbocycles. The molecule has 1 aromatic rings. The van der Waals surface area contributed by atoms with E-state index in [-0.39, 0.29) is 18.4 Å². The molecule has 132 valence electrons. The Morgan fingerprint density at radius 3 is 2.54 bits per heavy atom. The summed E-state index contributed by atoms with van der Waals surface area (Å²) in [6.07, 6.45) is 3.53. The number of aryl methyl sites for hydroxylation is 2. The van der Waals surface area contributed by atoms with Gasteiger partial charge in [0, 0.05) is 18.8 Å². The van der Waals surface area contributed by atoms with Crippen molar-refractivity contribution >= 4 is 17.5 Å². The molecule has 0 bridgehead atoms. The highest BCUT2D eigenvalue weighted by Crippen LogP contribution is 2.19. The van der Waals surface area contributed by atoms with E-state index >= 15 is 0 Å². The molecule has 1 N–H and O–H groups in total. The molecule has 1 fully saturated rings. The van der Waals surface area contributed by atoms with Crippen molar-refractivity contribution in [3.05, 3.63) is 29.3 Å². The van der Waals surface area contributed by atoms with Gasteiger partial charge in [-0.1, -0.05) is 24.6 Å². The summed E-state index contributed by atoms with van der Waals surface area (Å²) >= 11 is 0. The number of nitrogens with zero attached hydrogens (tertiary/aromatic N) is 2. The lowest BCUT2D eigenvalue weighted by Crippen LogP contribution is -2.46.